The van der Waals surface area contributed by atoms with E-state index in [-0.39, 0.29) is 5.91 Å². The third-order valence-corrected chi connectivity index (χ3v) is 2.77. The maximum atomic E-state index is 11.9. The number of carbonyl (C=O) groups excluding carboxylic acids is 1. The number of hydrogen-bond acceptors (Lipinski definition) is 3. The molecule has 1 heterocycles. The summed E-state index contributed by atoms with van der Waals surface area (Å²) in [7, 11) is 1.78. The number of halogens is 1. The second-order valence-electron chi connectivity index (χ2n) is 4.44. The fraction of sp³-hybridized carbons (Fsp3) is 0.636. The summed E-state index contributed by atoms with van der Waals surface area (Å²) >= 11 is 3.36. The fourth-order valence-electron chi connectivity index (χ4n) is 1.49. The molecule has 0 radical (unpaired) electrons. The van der Waals surface area contributed by atoms with Gasteiger partial charge in [0.15, 0.2) is 0 Å². The van der Waals surface area contributed by atoms with Crippen molar-refractivity contribution in [3.05, 3.63) is 17.0 Å². The molecule has 1 amide bonds. The molecule has 0 saturated carbocycles. The Labute approximate surface area is 104 Å². The van der Waals surface area contributed by atoms with Crippen molar-refractivity contribution >= 4 is 21.8 Å². The summed E-state index contributed by atoms with van der Waals surface area (Å²) in [5.74, 6) is 0.803. The highest BCUT2D eigenvalue weighted by molar-refractivity contribution is 9.10. The van der Waals surface area contributed by atoms with Gasteiger partial charge in [0.2, 0.25) is 5.91 Å². The second kappa shape index (κ2) is 4.57. The summed E-state index contributed by atoms with van der Waals surface area (Å²) < 4.78 is 4.52. The number of rotatable bonds is 3. The van der Waals surface area contributed by atoms with Crippen LogP contribution in [0.4, 0.5) is 0 Å². The SMILES string of the molecule is Cc1noc(C)c1CN(C)C(=O)C(C)(C)Br. The number of aromatic nitrogens is 1. The van der Waals surface area contributed by atoms with Crippen molar-refractivity contribution in [2.24, 2.45) is 0 Å². The minimum Gasteiger partial charge on any atom is -0.361 e. The van der Waals surface area contributed by atoms with E-state index < -0.39 is 4.32 Å². The Balaban J connectivity index is 2.80. The van der Waals surface area contributed by atoms with Gasteiger partial charge in [-0.25, -0.2) is 0 Å². The first kappa shape index (κ1) is 13.2. The molecule has 0 saturated heterocycles. The summed E-state index contributed by atoms with van der Waals surface area (Å²) in [6, 6.07) is 0. The molecule has 4 nitrogen and oxygen atoms in total. The molecule has 0 aliphatic carbocycles. The summed E-state index contributed by atoms with van der Waals surface area (Å²) in [4.78, 5) is 13.6. The monoisotopic (exact) mass is 288 g/mol. The molecule has 0 spiro atoms. The zero-order valence-corrected chi connectivity index (χ0v) is 11.9. The summed E-state index contributed by atoms with van der Waals surface area (Å²) in [5.41, 5.74) is 1.82. The molecule has 0 N–H and O–H groups in total. The Morgan fingerprint density at radius 2 is 2.06 bits per heavy atom. The maximum absolute atomic E-state index is 11.9. The molecule has 1 aromatic rings. The van der Waals surface area contributed by atoms with Gasteiger partial charge in [0, 0.05) is 12.6 Å². The molecule has 0 bridgehead atoms. The highest BCUT2D eigenvalue weighted by Crippen LogP contribution is 2.21. The molecule has 16 heavy (non-hydrogen) atoms. The van der Waals surface area contributed by atoms with Crippen LogP contribution in [0.3, 0.4) is 0 Å². The fourth-order valence-corrected chi connectivity index (χ4v) is 1.79. The third kappa shape index (κ3) is 2.84. The highest BCUT2D eigenvalue weighted by Gasteiger charge is 2.28. The smallest absolute Gasteiger partial charge is 0.238 e. The van der Waals surface area contributed by atoms with Crippen molar-refractivity contribution < 1.29 is 9.32 Å². The third-order valence-electron chi connectivity index (χ3n) is 2.43. The zero-order valence-electron chi connectivity index (χ0n) is 10.3. The molecule has 5 heteroatoms. The van der Waals surface area contributed by atoms with E-state index in [1.807, 2.05) is 27.7 Å². The van der Waals surface area contributed by atoms with Crippen LogP contribution in [0, 0.1) is 13.8 Å². The van der Waals surface area contributed by atoms with E-state index >= 15 is 0 Å². The second-order valence-corrected chi connectivity index (χ2v) is 6.42. The van der Waals surface area contributed by atoms with E-state index in [0.717, 1.165) is 17.0 Å². The molecule has 0 aliphatic rings. The molecule has 0 aromatic carbocycles. The van der Waals surface area contributed by atoms with Crippen molar-refractivity contribution in [2.75, 3.05) is 7.05 Å². The van der Waals surface area contributed by atoms with Crippen LogP contribution in [-0.4, -0.2) is 27.3 Å². The van der Waals surface area contributed by atoms with Gasteiger partial charge in [-0.1, -0.05) is 21.1 Å². The lowest BCUT2D eigenvalue weighted by Crippen LogP contribution is -2.38. The lowest BCUT2D eigenvalue weighted by atomic mass is 10.1. The normalized spacial score (nSPS) is 11.6. The Morgan fingerprint density at radius 1 is 1.50 bits per heavy atom. The van der Waals surface area contributed by atoms with E-state index in [0.29, 0.717) is 6.54 Å². The molecule has 1 aromatic heterocycles. The zero-order chi connectivity index (χ0) is 12.5. The van der Waals surface area contributed by atoms with E-state index in [9.17, 15) is 4.79 Å². The van der Waals surface area contributed by atoms with Gasteiger partial charge in [-0.2, -0.15) is 0 Å². The van der Waals surface area contributed by atoms with Crippen molar-refractivity contribution in [3.8, 4) is 0 Å². The predicted molar refractivity (Wildman–Crippen MR) is 65.5 cm³/mol. The van der Waals surface area contributed by atoms with Gasteiger partial charge in [-0.15, -0.1) is 0 Å². The van der Waals surface area contributed by atoms with Crippen LogP contribution in [0.25, 0.3) is 0 Å². The van der Waals surface area contributed by atoms with Crippen LogP contribution in [-0.2, 0) is 11.3 Å². The average molecular weight is 289 g/mol. The molecule has 0 unspecified atom stereocenters. The Bertz CT molecular complexity index is 374. The van der Waals surface area contributed by atoms with Crippen molar-refractivity contribution in [1.29, 1.82) is 0 Å². The first-order valence-corrected chi connectivity index (χ1v) is 5.89. The summed E-state index contributed by atoms with van der Waals surface area (Å²) in [6.07, 6.45) is 0. The van der Waals surface area contributed by atoms with Crippen molar-refractivity contribution in [2.45, 2.75) is 38.6 Å². The number of aryl methyl sites for hydroxylation is 2. The Kier molecular flexibility index (Phi) is 3.78. The molecule has 90 valence electrons. The molecule has 1 rings (SSSR count). The molecular formula is C11H17BrN2O2. The van der Waals surface area contributed by atoms with E-state index in [4.69, 9.17) is 4.52 Å². The minimum absolute atomic E-state index is 0.0347. The highest BCUT2D eigenvalue weighted by atomic mass is 79.9. The van der Waals surface area contributed by atoms with E-state index in [1.165, 1.54) is 0 Å². The van der Waals surface area contributed by atoms with Crippen LogP contribution in [0.5, 0.6) is 0 Å². The van der Waals surface area contributed by atoms with Crippen LogP contribution >= 0.6 is 15.9 Å². The Morgan fingerprint density at radius 3 is 2.44 bits per heavy atom. The maximum Gasteiger partial charge on any atom is 0.238 e. The number of hydrogen-bond donors (Lipinski definition) is 0. The summed E-state index contributed by atoms with van der Waals surface area (Å²) in [6.45, 7) is 7.92. The molecule has 0 atom stereocenters. The predicted octanol–water partition coefficient (Wildman–Crippen LogP) is 2.42. The first-order valence-electron chi connectivity index (χ1n) is 5.09. The van der Waals surface area contributed by atoms with Gasteiger partial charge in [0.25, 0.3) is 0 Å². The average Bonchev–Trinajstić information content (AvgIpc) is 2.46. The number of amides is 1. The van der Waals surface area contributed by atoms with Gasteiger partial charge in [0.1, 0.15) is 5.76 Å². The van der Waals surface area contributed by atoms with E-state index in [2.05, 4.69) is 21.1 Å². The quantitative estimate of drug-likeness (QED) is 0.803. The lowest BCUT2D eigenvalue weighted by molar-refractivity contribution is -0.131. The van der Waals surface area contributed by atoms with Crippen molar-refractivity contribution in [1.82, 2.24) is 10.1 Å². The van der Waals surface area contributed by atoms with Crippen LogP contribution in [0.15, 0.2) is 4.52 Å². The van der Waals surface area contributed by atoms with Gasteiger partial charge in [-0.05, 0) is 27.7 Å². The number of carbonyl (C=O) groups is 1. The minimum atomic E-state index is -0.541. The van der Waals surface area contributed by atoms with Gasteiger partial charge in [-0.3, -0.25) is 4.79 Å². The molecule has 0 fully saturated rings. The number of alkyl halides is 1. The topological polar surface area (TPSA) is 46.3 Å². The van der Waals surface area contributed by atoms with Gasteiger partial charge in [0.05, 0.1) is 16.6 Å². The summed E-state index contributed by atoms with van der Waals surface area (Å²) in [5, 5.41) is 3.87. The molecular weight excluding hydrogens is 272 g/mol. The van der Waals surface area contributed by atoms with E-state index in [1.54, 1.807) is 11.9 Å². The van der Waals surface area contributed by atoms with Gasteiger partial charge >= 0.3 is 0 Å². The van der Waals surface area contributed by atoms with Crippen LogP contribution in [0.2, 0.25) is 0 Å². The van der Waals surface area contributed by atoms with Crippen LogP contribution in [0.1, 0.15) is 30.9 Å². The molecule has 0 aliphatic heterocycles. The number of nitrogens with zero attached hydrogens (tertiary/aromatic N) is 2. The van der Waals surface area contributed by atoms with Gasteiger partial charge < -0.3 is 9.42 Å². The van der Waals surface area contributed by atoms with Crippen LogP contribution < -0.4 is 0 Å². The first-order chi connectivity index (χ1) is 7.23. The standard InChI is InChI=1S/C11H17BrN2O2/c1-7-9(8(2)16-13-7)6-14(5)10(15)11(3,4)12/h6H2,1-5H3. The van der Waals surface area contributed by atoms with Crippen molar-refractivity contribution in [3.63, 3.8) is 0 Å². The Hall–Kier alpha value is -0.840. The lowest BCUT2D eigenvalue weighted by Gasteiger charge is -2.24. The largest absolute Gasteiger partial charge is 0.361 e.